The predicted molar refractivity (Wildman–Crippen MR) is 92.8 cm³/mol. The summed E-state index contributed by atoms with van der Waals surface area (Å²) in [6.07, 6.45) is 0. The fourth-order valence-corrected chi connectivity index (χ4v) is 2.37. The molecule has 1 aromatic rings. The van der Waals surface area contributed by atoms with Crippen LogP contribution in [-0.4, -0.2) is 21.3 Å². The monoisotopic (exact) mass is 351 g/mol. The molecular weight excluding hydrogens is 333 g/mol. The van der Waals surface area contributed by atoms with Crippen molar-refractivity contribution in [3.05, 3.63) is 65.5 Å². The van der Waals surface area contributed by atoms with Crippen molar-refractivity contribution in [2.75, 3.05) is 14.1 Å². The van der Waals surface area contributed by atoms with Gasteiger partial charge in [0.15, 0.2) is 0 Å². The van der Waals surface area contributed by atoms with Crippen LogP contribution in [0.2, 0.25) is 0 Å². The third-order valence-corrected chi connectivity index (χ3v) is 3.53. The van der Waals surface area contributed by atoms with Crippen LogP contribution in [0.15, 0.2) is 59.0 Å². The van der Waals surface area contributed by atoms with Gasteiger partial charge in [-0.1, -0.05) is 30.3 Å². The molecule has 25 heavy (non-hydrogen) atoms. The SMILES string of the molecule is Cc1cc(-c2ccccc2)oc2cc(=[N+](C)C)ccc1-2.F[B-](F)(F)F. The normalized spacial score (nSPS) is 11.0. The summed E-state index contributed by atoms with van der Waals surface area (Å²) >= 11 is 0. The molecule has 1 heterocycles. The first-order valence-electron chi connectivity index (χ1n) is 7.63. The molecule has 132 valence electrons. The molecule has 1 aromatic carbocycles. The zero-order valence-corrected chi connectivity index (χ0v) is 14.1. The second-order valence-corrected chi connectivity index (χ2v) is 5.73. The van der Waals surface area contributed by atoms with Gasteiger partial charge in [0.05, 0.1) is 6.07 Å². The molecule has 0 spiro atoms. The Morgan fingerprint density at radius 2 is 1.44 bits per heavy atom. The second-order valence-electron chi connectivity index (χ2n) is 5.73. The standard InChI is InChI=1S/C18H18NO.BF4/c1-13-11-17(14-7-5-4-6-8-14)20-18-12-15(19(2)3)9-10-16(13)18;2-1(3,4)5/h4-12H,1-3H3;/q+1;-1. The van der Waals surface area contributed by atoms with Crippen LogP contribution in [0.3, 0.4) is 0 Å². The van der Waals surface area contributed by atoms with Crippen LogP contribution in [0.1, 0.15) is 5.56 Å². The first-order valence-corrected chi connectivity index (χ1v) is 7.63. The van der Waals surface area contributed by atoms with E-state index in [4.69, 9.17) is 4.42 Å². The largest absolute Gasteiger partial charge is 0.673 e. The maximum Gasteiger partial charge on any atom is 0.673 e. The number of aryl methyl sites for hydroxylation is 1. The maximum absolute atomic E-state index is 9.75. The van der Waals surface area contributed by atoms with Crippen molar-refractivity contribution in [3.8, 4) is 22.6 Å². The van der Waals surface area contributed by atoms with Gasteiger partial charge in [-0.3, -0.25) is 0 Å². The predicted octanol–water partition coefficient (Wildman–Crippen LogP) is 4.69. The Morgan fingerprint density at radius 1 is 0.840 bits per heavy atom. The molecule has 1 aliphatic heterocycles. The van der Waals surface area contributed by atoms with E-state index < -0.39 is 7.25 Å². The molecule has 0 fully saturated rings. The van der Waals surface area contributed by atoms with E-state index in [1.54, 1.807) is 0 Å². The fraction of sp³-hybridized carbons (Fsp3) is 0.167. The lowest BCUT2D eigenvalue weighted by Gasteiger charge is -2.10. The molecule has 0 saturated carbocycles. The number of rotatable bonds is 1. The fourth-order valence-electron chi connectivity index (χ4n) is 2.37. The second kappa shape index (κ2) is 7.55. The molecule has 0 atom stereocenters. The average molecular weight is 351 g/mol. The quantitative estimate of drug-likeness (QED) is 0.353. The van der Waals surface area contributed by atoms with E-state index in [1.807, 2.05) is 32.3 Å². The molecule has 0 saturated heterocycles. The zero-order chi connectivity index (χ0) is 18.6. The van der Waals surface area contributed by atoms with Crippen molar-refractivity contribution in [1.82, 2.24) is 4.58 Å². The summed E-state index contributed by atoms with van der Waals surface area (Å²) in [5, 5.41) is 1.14. The Labute approximate surface area is 143 Å². The zero-order valence-electron chi connectivity index (χ0n) is 14.1. The highest BCUT2D eigenvalue weighted by Gasteiger charge is 2.20. The van der Waals surface area contributed by atoms with Crippen molar-refractivity contribution in [2.45, 2.75) is 6.92 Å². The molecule has 0 unspecified atom stereocenters. The van der Waals surface area contributed by atoms with Crippen molar-refractivity contribution in [1.29, 1.82) is 0 Å². The third kappa shape index (κ3) is 5.48. The molecule has 2 nitrogen and oxygen atoms in total. The van der Waals surface area contributed by atoms with Gasteiger partial charge in [-0.05, 0) is 24.6 Å². The van der Waals surface area contributed by atoms with E-state index in [9.17, 15) is 17.3 Å². The van der Waals surface area contributed by atoms with E-state index in [1.165, 1.54) is 5.56 Å². The van der Waals surface area contributed by atoms with Crippen LogP contribution in [-0.2, 0) is 0 Å². The number of halogens is 4. The van der Waals surface area contributed by atoms with Crippen LogP contribution in [0.4, 0.5) is 17.3 Å². The summed E-state index contributed by atoms with van der Waals surface area (Å²) in [5.74, 6) is 1.83. The summed E-state index contributed by atoms with van der Waals surface area (Å²) in [6, 6.07) is 18.6. The molecule has 7 heteroatoms. The molecule has 0 bridgehead atoms. The smallest absolute Gasteiger partial charge is 0.456 e. The molecule has 0 aromatic heterocycles. The highest BCUT2D eigenvalue weighted by atomic mass is 19.5. The van der Waals surface area contributed by atoms with Gasteiger partial charge >= 0.3 is 7.25 Å². The Bertz CT molecular complexity index is 878. The number of benzene rings is 2. The van der Waals surface area contributed by atoms with Gasteiger partial charge in [0.25, 0.3) is 0 Å². The van der Waals surface area contributed by atoms with Crippen LogP contribution in [0, 0.1) is 6.92 Å². The highest BCUT2D eigenvalue weighted by Crippen LogP contribution is 2.30. The van der Waals surface area contributed by atoms with Gasteiger partial charge in [-0.2, -0.15) is 0 Å². The third-order valence-electron chi connectivity index (χ3n) is 3.53. The Hall–Kier alpha value is -2.57. The highest BCUT2D eigenvalue weighted by molar-refractivity contribution is 6.50. The van der Waals surface area contributed by atoms with E-state index in [2.05, 4.69) is 47.9 Å². The molecule has 0 radical (unpaired) electrons. The molecule has 1 aliphatic carbocycles. The average Bonchev–Trinajstić information content (AvgIpc) is 2.53. The first-order chi connectivity index (χ1) is 11.6. The van der Waals surface area contributed by atoms with Crippen molar-refractivity contribution in [3.63, 3.8) is 0 Å². The molecule has 0 N–H and O–H groups in total. The van der Waals surface area contributed by atoms with Crippen molar-refractivity contribution < 1.29 is 21.7 Å². The summed E-state index contributed by atoms with van der Waals surface area (Å²) in [4.78, 5) is 0. The van der Waals surface area contributed by atoms with E-state index in [0.717, 1.165) is 28.0 Å². The topological polar surface area (TPSA) is 16.1 Å². The molecule has 0 amide bonds. The van der Waals surface area contributed by atoms with E-state index >= 15 is 0 Å². The van der Waals surface area contributed by atoms with Gasteiger partial charge in [-0.25, -0.2) is 4.58 Å². The lowest BCUT2D eigenvalue weighted by atomic mass is 10.0. The van der Waals surface area contributed by atoms with Crippen LogP contribution in [0.5, 0.6) is 0 Å². The lowest BCUT2D eigenvalue weighted by molar-refractivity contribution is 0.368. The Balaban J connectivity index is 0.000000399. The summed E-state index contributed by atoms with van der Waals surface area (Å²) in [6.45, 7) is 2.12. The summed E-state index contributed by atoms with van der Waals surface area (Å²) < 4.78 is 47.2. The van der Waals surface area contributed by atoms with Gasteiger partial charge in [0.1, 0.15) is 25.6 Å². The van der Waals surface area contributed by atoms with Gasteiger partial charge < -0.3 is 21.7 Å². The lowest BCUT2D eigenvalue weighted by Crippen LogP contribution is -2.21. The Morgan fingerprint density at radius 3 is 2.00 bits per heavy atom. The van der Waals surface area contributed by atoms with E-state index in [0.29, 0.717) is 0 Å². The minimum absolute atomic E-state index is 0.909. The number of hydrogen-bond donors (Lipinski definition) is 0. The molecular formula is C18H18BF4NO. The maximum atomic E-state index is 9.75. The van der Waals surface area contributed by atoms with Gasteiger partial charge in [0.2, 0.25) is 5.36 Å². The summed E-state index contributed by atoms with van der Waals surface area (Å²) in [7, 11) is -1.93. The minimum atomic E-state index is -6.00. The van der Waals surface area contributed by atoms with Crippen LogP contribution in [0.25, 0.3) is 22.6 Å². The molecule has 2 aliphatic rings. The number of nitrogens with zero attached hydrogens (tertiary/aromatic N) is 1. The van der Waals surface area contributed by atoms with E-state index in [-0.39, 0.29) is 0 Å². The molecule has 3 rings (SSSR count). The van der Waals surface area contributed by atoms with Crippen molar-refractivity contribution >= 4 is 7.25 Å². The first kappa shape index (κ1) is 18.8. The number of fused-ring (bicyclic) bond motifs is 1. The number of hydrogen-bond acceptors (Lipinski definition) is 1. The van der Waals surface area contributed by atoms with Gasteiger partial charge in [0, 0.05) is 17.2 Å². The van der Waals surface area contributed by atoms with Crippen LogP contribution >= 0.6 is 0 Å². The Kier molecular flexibility index (Phi) is 5.67. The van der Waals surface area contributed by atoms with Crippen molar-refractivity contribution in [2.24, 2.45) is 0 Å². The minimum Gasteiger partial charge on any atom is -0.456 e. The summed E-state index contributed by atoms with van der Waals surface area (Å²) in [5.41, 5.74) is 3.50. The van der Waals surface area contributed by atoms with Gasteiger partial charge in [-0.15, -0.1) is 0 Å². The van der Waals surface area contributed by atoms with Crippen LogP contribution < -0.4 is 9.93 Å².